The molecule has 182 valence electrons. The van der Waals surface area contributed by atoms with E-state index in [1.807, 2.05) is 45.0 Å². The monoisotopic (exact) mass is 472 g/mol. The highest BCUT2D eigenvalue weighted by molar-refractivity contribution is 5.95. The zero-order valence-electron chi connectivity index (χ0n) is 20.5. The Labute approximate surface area is 206 Å². The number of carbonyl (C=O) groups is 1. The number of nitrogen functional groups attached to an aromatic ring is 1. The van der Waals surface area contributed by atoms with Gasteiger partial charge in [0.25, 0.3) is 0 Å². The van der Waals surface area contributed by atoms with Crippen LogP contribution in [0.1, 0.15) is 31.9 Å². The van der Waals surface area contributed by atoms with Crippen LogP contribution >= 0.6 is 0 Å². The first-order valence-electron chi connectivity index (χ1n) is 11.7. The van der Waals surface area contributed by atoms with Crippen molar-refractivity contribution >= 4 is 22.8 Å². The number of ether oxygens (including phenoxy) is 2. The maximum Gasteiger partial charge on any atom is 0.435 e. The Hall–Kier alpha value is -3.84. The van der Waals surface area contributed by atoms with E-state index < -0.39 is 11.7 Å². The van der Waals surface area contributed by atoms with Gasteiger partial charge in [0, 0.05) is 31.1 Å². The number of aromatic nitrogens is 2. The van der Waals surface area contributed by atoms with Crippen molar-refractivity contribution in [3.63, 3.8) is 0 Å². The van der Waals surface area contributed by atoms with Crippen molar-refractivity contribution in [1.29, 1.82) is 0 Å². The summed E-state index contributed by atoms with van der Waals surface area (Å²) in [7, 11) is 0. The fraction of sp³-hybridized carbons (Fsp3) is 0.286. The predicted molar refractivity (Wildman–Crippen MR) is 138 cm³/mol. The summed E-state index contributed by atoms with van der Waals surface area (Å²) in [5.74, 6) is 0.913. The largest absolute Gasteiger partial charge is 0.492 e. The molecule has 0 atom stereocenters. The van der Waals surface area contributed by atoms with Crippen molar-refractivity contribution in [2.45, 2.75) is 39.5 Å². The number of hydrogen-bond donors (Lipinski definition) is 1. The molecule has 0 aliphatic carbocycles. The van der Waals surface area contributed by atoms with Crippen LogP contribution in [-0.4, -0.2) is 39.5 Å². The molecule has 35 heavy (non-hydrogen) atoms. The van der Waals surface area contributed by atoms with Gasteiger partial charge in [0.05, 0.1) is 5.52 Å². The molecular weight excluding hydrogens is 440 g/mol. The van der Waals surface area contributed by atoms with Gasteiger partial charge in [-0.1, -0.05) is 60.7 Å². The van der Waals surface area contributed by atoms with E-state index in [1.54, 1.807) is 6.07 Å². The summed E-state index contributed by atoms with van der Waals surface area (Å²) in [5.41, 5.74) is 8.45. The second-order valence-corrected chi connectivity index (χ2v) is 9.49. The molecule has 0 bridgehead atoms. The minimum absolute atomic E-state index is 0.273. The Morgan fingerprint density at radius 3 is 2.11 bits per heavy atom. The zero-order chi connectivity index (χ0) is 24.8. The number of nitrogens with zero attached hydrogens (tertiary/aromatic N) is 3. The molecule has 7 nitrogen and oxygen atoms in total. The Morgan fingerprint density at radius 2 is 1.54 bits per heavy atom. The highest BCUT2D eigenvalue weighted by atomic mass is 16.6. The van der Waals surface area contributed by atoms with Crippen LogP contribution in [0.25, 0.3) is 10.9 Å². The van der Waals surface area contributed by atoms with Gasteiger partial charge in [-0.3, -0.25) is 4.90 Å². The van der Waals surface area contributed by atoms with Crippen LogP contribution in [-0.2, 0) is 17.8 Å². The van der Waals surface area contributed by atoms with Gasteiger partial charge in [-0.15, -0.1) is 5.10 Å². The zero-order valence-corrected chi connectivity index (χ0v) is 20.5. The molecular formula is C28H32N4O3. The van der Waals surface area contributed by atoms with Crippen molar-refractivity contribution in [3.8, 4) is 5.75 Å². The van der Waals surface area contributed by atoms with Crippen molar-refractivity contribution in [2.75, 3.05) is 18.9 Å². The van der Waals surface area contributed by atoms with Gasteiger partial charge in [-0.2, -0.15) is 4.68 Å². The molecule has 0 amide bonds. The number of carbonyl (C=O) groups excluding carboxylic acids is 1. The van der Waals surface area contributed by atoms with Crippen LogP contribution in [0.5, 0.6) is 5.75 Å². The first kappa shape index (κ1) is 24.3. The lowest BCUT2D eigenvalue weighted by atomic mass is 10.1. The van der Waals surface area contributed by atoms with Crippen LogP contribution in [0.2, 0.25) is 0 Å². The summed E-state index contributed by atoms with van der Waals surface area (Å²) in [6.45, 7) is 8.29. The summed E-state index contributed by atoms with van der Waals surface area (Å²) in [4.78, 5) is 15.0. The molecule has 1 heterocycles. The third-order valence-electron chi connectivity index (χ3n) is 5.42. The van der Waals surface area contributed by atoms with Gasteiger partial charge in [-0.25, -0.2) is 4.79 Å². The summed E-state index contributed by atoms with van der Waals surface area (Å²) >= 11 is 0. The number of hydrogen-bond acceptors (Lipinski definition) is 6. The smallest absolute Gasteiger partial charge is 0.435 e. The molecule has 0 radical (unpaired) electrons. The van der Waals surface area contributed by atoms with Crippen LogP contribution in [0.4, 0.5) is 10.6 Å². The number of fused-ring (bicyclic) bond motifs is 1. The van der Waals surface area contributed by atoms with E-state index in [0.717, 1.165) is 19.6 Å². The van der Waals surface area contributed by atoms with Gasteiger partial charge in [-0.05, 0) is 44.0 Å². The fourth-order valence-electron chi connectivity index (χ4n) is 3.84. The lowest BCUT2D eigenvalue weighted by Crippen LogP contribution is -2.28. The standard InChI is InChI=1S/C28H32N4O3/c1-28(2,3)35-27(33)32-25-18-23(14-15-24(25)26(29)30-32)34-17-16-31(19-21-10-6-4-7-11-21)20-22-12-8-5-9-13-22/h4-15,18H,16-17,19-20H2,1-3H3,(H2,29,30). The summed E-state index contributed by atoms with van der Waals surface area (Å²) in [5, 5.41) is 4.85. The van der Waals surface area contributed by atoms with Crippen molar-refractivity contribution in [2.24, 2.45) is 0 Å². The second-order valence-electron chi connectivity index (χ2n) is 9.49. The number of nitrogens with two attached hydrogens (primary N) is 1. The summed E-state index contributed by atoms with van der Waals surface area (Å²) in [6, 6.07) is 26.3. The highest BCUT2D eigenvalue weighted by Gasteiger charge is 2.22. The first-order chi connectivity index (χ1) is 16.8. The fourth-order valence-corrected chi connectivity index (χ4v) is 3.84. The Kier molecular flexibility index (Phi) is 7.36. The summed E-state index contributed by atoms with van der Waals surface area (Å²) in [6.07, 6.45) is -0.576. The number of rotatable bonds is 8. The van der Waals surface area contributed by atoms with E-state index in [9.17, 15) is 4.79 Å². The Bertz CT molecular complexity index is 1220. The second kappa shape index (κ2) is 10.6. The predicted octanol–water partition coefficient (Wildman–Crippen LogP) is 5.48. The van der Waals surface area contributed by atoms with E-state index in [4.69, 9.17) is 15.2 Å². The Morgan fingerprint density at radius 1 is 0.943 bits per heavy atom. The normalized spacial score (nSPS) is 11.7. The molecule has 0 aliphatic rings. The average molecular weight is 473 g/mol. The molecule has 2 N–H and O–H groups in total. The molecule has 3 aromatic carbocycles. The maximum atomic E-state index is 12.6. The lowest BCUT2D eigenvalue weighted by Gasteiger charge is -2.23. The minimum atomic E-state index is -0.640. The molecule has 0 unspecified atom stereocenters. The van der Waals surface area contributed by atoms with Gasteiger partial charge >= 0.3 is 6.09 Å². The van der Waals surface area contributed by atoms with E-state index in [-0.39, 0.29) is 5.82 Å². The minimum Gasteiger partial charge on any atom is -0.492 e. The van der Waals surface area contributed by atoms with Crippen LogP contribution < -0.4 is 10.5 Å². The third kappa shape index (κ3) is 6.61. The first-order valence-corrected chi connectivity index (χ1v) is 11.7. The van der Waals surface area contributed by atoms with Gasteiger partial charge < -0.3 is 15.2 Å². The van der Waals surface area contributed by atoms with Crippen molar-refractivity contribution in [3.05, 3.63) is 90.0 Å². The topological polar surface area (TPSA) is 82.6 Å². The number of benzene rings is 3. The summed E-state index contributed by atoms with van der Waals surface area (Å²) < 4.78 is 12.8. The van der Waals surface area contributed by atoms with Gasteiger partial charge in [0.1, 0.15) is 18.0 Å². The average Bonchev–Trinajstić information content (AvgIpc) is 3.15. The molecule has 0 spiro atoms. The molecule has 1 aromatic heterocycles. The van der Waals surface area contributed by atoms with Gasteiger partial charge in [0.15, 0.2) is 5.82 Å². The van der Waals surface area contributed by atoms with E-state index >= 15 is 0 Å². The molecule has 4 aromatic rings. The van der Waals surface area contributed by atoms with E-state index in [2.05, 4.69) is 58.5 Å². The highest BCUT2D eigenvalue weighted by Crippen LogP contribution is 2.26. The molecule has 7 heteroatoms. The van der Waals surface area contributed by atoms with Crippen LogP contribution in [0.3, 0.4) is 0 Å². The number of anilines is 1. The molecule has 0 fully saturated rings. The quantitative estimate of drug-likeness (QED) is 0.365. The SMILES string of the molecule is CC(C)(C)OC(=O)n1nc(N)c2ccc(OCCN(Cc3ccccc3)Cc3ccccc3)cc21. The van der Waals surface area contributed by atoms with Crippen molar-refractivity contribution < 1.29 is 14.3 Å². The Balaban J connectivity index is 1.46. The van der Waals surface area contributed by atoms with E-state index in [0.29, 0.717) is 23.3 Å². The van der Waals surface area contributed by atoms with Gasteiger partial charge in [0.2, 0.25) is 0 Å². The molecule has 0 aliphatic heterocycles. The lowest BCUT2D eigenvalue weighted by molar-refractivity contribution is 0.0523. The molecule has 0 saturated heterocycles. The molecule has 0 saturated carbocycles. The van der Waals surface area contributed by atoms with Crippen LogP contribution in [0.15, 0.2) is 78.9 Å². The van der Waals surface area contributed by atoms with E-state index in [1.165, 1.54) is 15.8 Å². The van der Waals surface area contributed by atoms with Crippen LogP contribution in [0, 0.1) is 0 Å². The maximum absolute atomic E-state index is 12.6. The third-order valence-corrected chi connectivity index (χ3v) is 5.42. The van der Waals surface area contributed by atoms with Crippen molar-refractivity contribution in [1.82, 2.24) is 14.7 Å². The molecule has 4 rings (SSSR count).